The standard InChI is InChI=1S/C21H27NO5/c1-13(2)10-15-19(21(15,3)4)20(24)27-12-18(23)22-14-6-7-16-17(11-14)26-9-5-8-25-16/h6-7,10-11,15,19H,5,8-9,12H2,1-4H3,(H,22,23)/t15-,19-/m1/s1. The van der Waals surface area contributed by atoms with Crippen molar-refractivity contribution in [1.29, 1.82) is 0 Å². The molecule has 1 fully saturated rings. The lowest BCUT2D eigenvalue weighted by Crippen LogP contribution is -2.22. The number of nitrogens with one attached hydrogen (secondary N) is 1. The van der Waals surface area contributed by atoms with E-state index in [4.69, 9.17) is 14.2 Å². The topological polar surface area (TPSA) is 73.9 Å². The van der Waals surface area contributed by atoms with Crippen LogP contribution in [-0.2, 0) is 14.3 Å². The van der Waals surface area contributed by atoms with Gasteiger partial charge in [0.05, 0.1) is 19.1 Å². The maximum absolute atomic E-state index is 12.3. The summed E-state index contributed by atoms with van der Waals surface area (Å²) in [4.78, 5) is 24.5. The van der Waals surface area contributed by atoms with Crippen molar-refractivity contribution in [2.24, 2.45) is 17.3 Å². The van der Waals surface area contributed by atoms with Crippen LogP contribution in [0.4, 0.5) is 5.69 Å². The van der Waals surface area contributed by atoms with Gasteiger partial charge in [0, 0.05) is 18.2 Å². The first-order valence-electron chi connectivity index (χ1n) is 9.30. The Morgan fingerprint density at radius 3 is 2.63 bits per heavy atom. The van der Waals surface area contributed by atoms with E-state index >= 15 is 0 Å². The van der Waals surface area contributed by atoms with Gasteiger partial charge < -0.3 is 19.5 Å². The molecule has 0 bridgehead atoms. The van der Waals surface area contributed by atoms with Crippen molar-refractivity contribution in [3.05, 3.63) is 29.8 Å². The number of carbonyl (C=O) groups excluding carboxylic acids is 2. The first-order chi connectivity index (χ1) is 12.8. The van der Waals surface area contributed by atoms with E-state index in [0.29, 0.717) is 30.4 Å². The predicted octanol–water partition coefficient (Wildman–Crippen LogP) is 3.57. The molecule has 1 amide bonds. The van der Waals surface area contributed by atoms with E-state index in [-0.39, 0.29) is 35.7 Å². The molecule has 146 valence electrons. The highest BCUT2D eigenvalue weighted by Crippen LogP contribution is 2.59. The molecule has 1 aromatic rings. The minimum absolute atomic E-state index is 0.126. The summed E-state index contributed by atoms with van der Waals surface area (Å²) < 4.78 is 16.4. The molecule has 0 aromatic heterocycles. The Bertz CT molecular complexity index is 764. The van der Waals surface area contributed by atoms with Gasteiger partial charge in [0.2, 0.25) is 0 Å². The van der Waals surface area contributed by atoms with Gasteiger partial charge in [-0.25, -0.2) is 0 Å². The molecular formula is C21H27NO5. The van der Waals surface area contributed by atoms with Crippen molar-refractivity contribution < 1.29 is 23.8 Å². The molecule has 6 nitrogen and oxygen atoms in total. The molecule has 3 rings (SSSR count). The summed E-state index contributed by atoms with van der Waals surface area (Å²) in [5.41, 5.74) is 1.63. The minimum Gasteiger partial charge on any atom is -0.490 e. The highest BCUT2D eigenvalue weighted by molar-refractivity contribution is 5.93. The van der Waals surface area contributed by atoms with Crippen molar-refractivity contribution in [3.63, 3.8) is 0 Å². The highest BCUT2D eigenvalue weighted by Gasteiger charge is 2.61. The average Bonchev–Trinajstić information content (AvgIpc) is 3.22. The van der Waals surface area contributed by atoms with E-state index in [1.165, 1.54) is 5.57 Å². The lowest BCUT2D eigenvalue weighted by molar-refractivity contribution is -0.149. The Hall–Kier alpha value is -2.50. The molecule has 0 saturated heterocycles. The number of hydrogen-bond acceptors (Lipinski definition) is 5. The maximum Gasteiger partial charge on any atom is 0.310 e. The fourth-order valence-electron chi connectivity index (χ4n) is 3.46. The first kappa shape index (κ1) is 19.3. The van der Waals surface area contributed by atoms with Gasteiger partial charge >= 0.3 is 5.97 Å². The van der Waals surface area contributed by atoms with Gasteiger partial charge in [-0.05, 0) is 37.3 Å². The molecule has 2 atom stereocenters. The summed E-state index contributed by atoms with van der Waals surface area (Å²) in [6.07, 6.45) is 2.92. The molecule has 0 radical (unpaired) electrons. The van der Waals surface area contributed by atoms with Crippen molar-refractivity contribution in [1.82, 2.24) is 0 Å². The summed E-state index contributed by atoms with van der Waals surface area (Å²) >= 11 is 0. The Morgan fingerprint density at radius 1 is 1.22 bits per heavy atom. The van der Waals surface area contributed by atoms with Crippen LogP contribution in [0.15, 0.2) is 29.8 Å². The maximum atomic E-state index is 12.3. The Morgan fingerprint density at radius 2 is 1.93 bits per heavy atom. The number of rotatable bonds is 5. The van der Waals surface area contributed by atoms with E-state index in [1.807, 2.05) is 27.7 Å². The second kappa shape index (κ2) is 7.62. The Labute approximate surface area is 159 Å². The number of fused-ring (bicyclic) bond motifs is 1. The third kappa shape index (κ3) is 4.43. The lowest BCUT2D eigenvalue weighted by Gasteiger charge is -2.11. The van der Waals surface area contributed by atoms with Gasteiger partial charge in [-0.2, -0.15) is 0 Å². The average molecular weight is 373 g/mol. The molecule has 0 unspecified atom stereocenters. The second-order valence-electron chi connectivity index (χ2n) is 7.94. The largest absolute Gasteiger partial charge is 0.490 e. The molecule has 1 saturated carbocycles. The Balaban J connectivity index is 1.52. The van der Waals surface area contributed by atoms with Crippen LogP contribution in [0.25, 0.3) is 0 Å². The van der Waals surface area contributed by atoms with Crippen molar-refractivity contribution in [2.45, 2.75) is 34.1 Å². The number of allylic oxidation sites excluding steroid dienone is 2. The molecule has 1 N–H and O–H groups in total. The van der Waals surface area contributed by atoms with Gasteiger partial charge in [0.1, 0.15) is 0 Å². The molecular weight excluding hydrogens is 346 g/mol. The Kier molecular flexibility index (Phi) is 5.44. The molecule has 6 heteroatoms. The number of benzene rings is 1. The summed E-state index contributed by atoms with van der Waals surface area (Å²) in [5.74, 6) is 0.536. The molecule has 1 aromatic carbocycles. The smallest absolute Gasteiger partial charge is 0.310 e. The monoisotopic (exact) mass is 373 g/mol. The van der Waals surface area contributed by atoms with Crippen LogP contribution in [0.2, 0.25) is 0 Å². The molecule has 1 heterocycles. The summed E-state index contributed by atoms with van der Waals surface area (Å²) in [7, 11) is 0. The fraction of sp³-hybridized carbons (Fsp3) is 0.524. The normalized spacial score (nSPS) is 22.2. The zero-order valence-electron chi connectivity index (χ0n) is 16.3. The number of anilines is 1. The van der Waals surface area contributed by atoms with Crippen LogP contribution in [0, 0.1) is 17.3 Å². The number of carbonyl (C=O) groups is 2. The molecule has 0 spiro atoms. The lowest BCUT2D eigenvalue weighted by atomic mass is 10.1. The number of amides is 1. The minimum atomic E-state index is -0.380. The summed E-state index contributed by atoms with van der Waals surface area (Å²) in [5, 5.41) is 2.73. The molecule has 2 aliphatic rings. The highest BCUT2D eigenvalue weighted by atomic mass is 16.5. The molecule has 1 aliphatic carbocycles. The second-order valence-corrected chi connectivity index (χ2v) is 7.94. The zero-order chi connectivity index (χ0) is 19.6. The fourth-order valence-corrected chi connectivity index (χ4v) is 3.46. The molecule has 27 heavy (non-hydrogen) atoms. The quantitative estimate of drug-likeness (QED) is 0.631. The summed E-state index contributed by atoms with van der Waals surface area (Å²) in [6.45, 7) is 8.99. The number of esters is 1. The third-order valence-electron chi connectivity index (χ3n) is 5.05. The van der Waals surface area contributed by atoms with Crippen LogP contribution in [-0.4, -0.2) is 31.7 Å². The van der Waals surface area contributed by atoms with Crippen LogP contribution in [0.1, 0.15) is 34.1 Å². The first-order valence-corrected chi connectivity index (χ1v) is 9.30. The van der Waals surface area contributed by atoms with Gasteiger partial charge in [-0.3, -0.25) is 9.59 Å². The van der Waals surface area contributed by atoms with Gasteiger partial charge in [0.15, 0.2) is 18.1 Å². The number of ether oxygens (including phenoxy) is 3. The van der Waals surface area contributed by atoms with Gasteiger partial charge in [0.25, 0.3) is 5.91 Å². The SMILES string of the molecule is CC(C)=C[C@@H]1[C@H](C(=O)OCC(=O)Nc2ccc3c(c2)OCCCO3)C1(C)C. The van der Waals surface area contributed by atoms with Crippen LogP contribution in [0.3, 0.4) is 0 Å². The van der Waals surface area contributed by atoms with Crippen LogP contribution < -0.4 is 14.8 Å². The number of hydrogen-bond donors (Lipinski definition) is 1. The van der Waals surface area contributed by atoms with E-state index in [0.717, 1.165) is 6.42 Å². The van der Waals surface area contributed by atoms with Crippen molar-refractivity contribution in [3.8, 4) is 11.5 Å². The van der Waals surface area contributed by atoms with Gasteiger partial charge in [-0.15, -0.1) is 0 Å². The third-order valence-corrected chi connectivity index (χ3v) is 5.05. The van der Waals surface area contributed by atoms with Crippen molar-refractivity contribution >= 4 is 17.6 Å². The zero-order valence-corrected chi connectivity index (χ0v) is 16.3. The van der Waals surface area contributed by atoms with E-state index < -0.39 is 0 Å². The van der Waals surface area contributed by atoms with Crippen molar-refractivity contribution in [2.75, 3.05) is 25.1 Å². The van der Waals surface area contributed by atoms with E-state index in [2.05, 4.69) is 11.4 Å². The summed E-state index contributed by atoms with van der Waals surface area (Å²) in [6, 6.07) is 5.22. The van der Waals surface area contributed by atoms with Crippen LogP contribution in [0.5, 0.6) is 11.5 Å². The van der Waals surface area contributed by atoms with E-state index in [1.54, 1.807) is 18.2 Å². The van der Waals surface area contributed by atoms with Gasteiger partial charge in [-0.1, -0.05) is 25.5 Å². The van der Waals surface area contributed by atoms with E-state index in [9.17, 15) is 9.59 Å². The predicted molar refractivity (Wildman–Crippen MR) is 102 cm³/mol. The van der Waals surface area contributed by atoms with Crippen LogP contribution >= 0.6 is 0 Å². The molecule has 1 aliphatic heterocycles.